The monoisotopic (exact) mass is 303 g/mol. The Kier molecular flexibility index (Phi) is 4.63. The molecule has 5 nitrogen and oxygen atoms in total. The minimum atomic E-state index is -0.395. The van der Waals surface area contributed by atoms with Crippen molar-refractivity contribution in [1.29, 1.82) is 0 Å². The number of aromatic hydroxyl groups is 1. The third-order valence-corrected chi connectivity index (χ3v) is 4.28. The molecule has 2 aromatic rings. The van der Waals surface area contributed by atoms with Crippen molar-refractivity contribution in [3.63, 3.8) is 0 Å². The smallest absolute Gasteiger partial charge is 0.226 e. The van der Waals surface area contributed by atoms with Crippen molar-refractivity contribution in [2.75, 3.05) is 0 Å². The van der Waals surface area contributed by atoms with Crippen LogP contribution >= 0.6 is 0 Å². The Morgan fingerprint density at radius 3 is 2.68 bits per heavy atom. The van der Waals surface area contributed by atoms with Crippen LogP contribution in [0.2, 0.25) is 0 Å². The fourth-order valence-corrected chi connectivity index (χ4v) is 3.10. The zero-order chi connectivity index (χ0) is 15.4. The van der Waals surface area contributed by atoms with E-state index >= 15 is 0 Å². The SMILES string of the molecule is O=c1cc(CN(Cc2ccoc2)C2CCCCC2)occ1O. The zero-order valence-electron chi connectivity index (χ0n) is 12.5. The third-order valence-electron chi connectivity index (χ3n) is 4.28. The van der Waals surface area contributed by atoms with Gasteiger partial charge >= 0.3 is 0 Å². The quantitative estimate of drug-likeness (QED) is 0.918. The van der Waals surface area contributed by atoms with Gasteiger partial charge in [0.15, 0.2) is 5.75 Å². The predicted octanol–water partition coefficient (Wildman–Crippen LogP) is 3.27. The zero-order valence-corrected chi connectivity index (χ0v) is 12.5. The maximum atomic E-state index is 11.6. The van der Waals surface area contributed by atoms with Gasteiger partial charge in [0.1, 0.15) is 12.0 Å². The van der Waals surface area contributed by atoms with Crippen LogP contribution in [0.15, 0.2) is 44.6 Å². The lowest BCUT2D eigenvalue weighted by molar-refractivity contribution is 0.128. The van der Waals surface area contributed by atoms with E-state index in [1.165, 1.54) is 38.2 Å². The van der Waals surface area contributed by atoms with Gasteiger partial charge in [-0.2, -0.15) is 0 Å². The van der Waals surface area contributed by atoms with Crippen LogP contribution in [0.5, 0.6) is 5.75 Å². The topological polar surface area (TPSA) is 66.8 Å². The predicted molar refractivity (Wildman–Crippen MR) is 81.5 cm³/mol. The number of furan rings is 1. The molecule has 0 bridgehead atoms. The van der Waals surface area contributed by atoms with Crippen molar-refractivity contribution in [2.24, 2.45) is 0 Å². The lowest BCUT2D eigenvalue weighted by Crippen LogP contribution is -2.35. The van der Waals surface area contributed by atoms with Gasteiger partial charge in [-0.15, -0.1) is 0 Å². The highest BCUT2D eigenvalue weighted by Crippen LogP contribution is 2.25. The molecule has 2 aromatic heterocycles. The fraction of sp³-hybridized carbons (Fsp3) is 0.471. The van der Waals surface area contributed by atoms with Crippen LogP contribution in [0.3, 0.4) is 0 Å². The van der Waals surface area contributed by atoms with E-state index in [0.29, 0.717) is 18.3 Å². The van der Waals surface area contributed by atoms with Gasteiger partial charge in [0.2, 0.25) is 5.43 Å². The Morgan fingerprint density at radius 1 is 1.18 bits per heavy atom. The first-order valence-corrected chi connectivity index (χ1v) is 7.78. The van der Waals surface area contributed by atoms with Crippen LogP contribution in [0.1, 0.15) is 43.4 Å². The maximum Gasteiger partial charge on any atom is 0.226 e. The molecule has 22 heavy (non-hydrogen) atoms. The summed E-state index contributed by atoms with van der Waals surface area (Å²) in [6, 6.07) is 3.83. The number of rotatable bonds is 5. The molecule has 1 saturated carbocycles. The molecule has 0 radical (unpaired) electrons. The molecule has 0 spiro atoms. The van der Waals surface area contributed by atoms with Gasteiger partial charge in [0.05, 0.1) is 19.1 Å². The van der Waals surface area contributed by atoms with Crippen molar-refractivity contribution < 1.29 is 13.9 Å². The van der Waals surface area contributed by atoms with Gasteiger partial charge < -0.3 is 13.9 Å². The lowest BCUT2D eigenvalue weighted by atomic mass is 9.94. The molecule has 1 aliphatic carbocycles. The van der Waals surface area contributed by atoms with Crippen LogP contribution in [-0.4, -0.2) is 16.0 Å². The molecule has 5 heteroatoms. The van der Waals surface area contributed by atoms with Gasteiger partial charge in [0, 0.05) is 24.2 Å². The van der Waals surface area contributed by atoms with Crippen LogP contribution in [0.25, 0.3) is 0 Å². The van der Waals surface area contributed by atoms with Crippen molar-refractivity contribution in [1.82, 2.24) is 4.90 Å². The summed E-state index contributed by atoms with van der Waals surface area (Å²) in [4.78, 5) is 13.9. The first kappa shape index (κ1) is 14.9. The summed E-state index contributed by atoms with van der Waals surface area (Å²) >= 11 is 0. The number of nitrogens with zero attached hydrogens (tertiary/aromatic N) is 1. The molecule has 0 amide bonds. The summed E-state index contributed by atoms with van der Waals surface area (Å²) in [7, 11) is 0. The van der Waals surface area contributed by atoms with E-state index in [1.54, 1.807) is 12.5 Å². The lowest BCUT2D eigenvalue weighted by Gasteiger charge is -2.33. The molecule has 1 N–H and O–H groups in total. The average molecular weight is 303 g/mol. The summed E-state index contributed by atoms with van der Waals surface area (Å²) < 4.78 is 10.5. The minimum Gasteiger partial charge on any atom is -0.502 e. The third kappa shape index (κ3) is 3.60. The highest BCUT2D eigenvalue weighted by molar-refractivity contribution is 5.15. The number of hydrogen-bond acceptors (Lipinski definition) is 5. The van der Waals surface area contributed by atoms with E-state index in [-0.39, 0.29) is 5.75 Å². The average Bonchev–Trinajstić information content (AvgIpc) is 3.04. The van der Waals surface area contributed by atoms with Gasteiger partial charge in [-0.1, -0.05) is 19.3 Å². The van der Waals surface area contributed by atoms with E-state index in [4.69, 9.17) is 8.83 Å². The van der Waals surface area contributed by atoms with E-state index in [9.17, 15) is 9.90 Å². The Balaban J connectivity index is 1.77. The number of hydrogen-bond donors (Lipinski definition) is 1. The molecule has 0 saturated heterocycles. The summed E-state index contributed by atoms with van der Waals surface area (Å²) in [6.45, 7) is 1.33. The molecule has 118 valence electrons. The Bertz CT molecular complexity index is 641. The molecule has 0 atom stereocenters. The molecule has 3 rings (SSSR count). The first-order chi connectivity index (χ1) is 10.7. The van der Waals surface area contributed by atoms with Crippen LogP contribution in [-0.2, 0) is 13.1 Å². The molecule has 0 unspecified atom stereocenters. The Morgan fingerprint density at radius 2 is 2.00 bits per heavy atom. The normalized spacial score (nSPS) is 16.2. The van der Waals surface area contributed by atoms with E-state index in [0.717, 1.165) is 18.4 Å². The molecule has 0 aromatic carbocycles. The van der Waals surface area contributed by atoms with Crippen LogP contribution in [0, 0.1) is 0 Å². The van der Waals surface area contributed by atoms with Gasteiger partial charge in [-0.25, -0.2) is 0 Å². The van der Waals surface area contributed by atoms with Crippen molar-refractivity contribution >= 4 is 0 Å². The molecule has 1 aliphatic rings. The molecule has 1 fully saturated rings. The van der Waals surface area contributed by atoms with E-state index in [1.807, 2.05) is 6.07 Å². The largest absolute Gasteiger partial charge is 0.502 e. The van der Waals surface area contributed by atoms with Gasteiger partial charge in [0.25, 0.3) is 0 Å². The van der Waals surface area contributed by atoms with E-state index < -0.39 is 5.43 Å². The Hall–Kier alpha value is -2.01. The molecular formula is C17H21NO4. The van der Waals surface area contributed by atoms with Gasteiger partial charge in [-0.05, 0) is 18.9 Å². The van der Waals surface area contributed by atoms with Crippen molar-refractivity contribution in [3.05, 3.63) is 52.5 Å². The molecule has 0 aliphatic heterocycles. The van der Waals surface area contributed by atoms with Crippen molar-refractivity contribution in [2.45, 2.75) is 51.2 Å². The standard InChI is InChI=1S/C17H21NO4/c19-16-8-15(22-12-17(16)20)10-18(9-13-6-7-21-11-13)14-4-2-1-3-5-14/h6-8,11-12,14,20H,1-5,9-10H2. The van der Waals surface area contributed by atoms with E-state index in [2.05, 4.69) is 4.90 Å². The maximum absolute atomic E-state index is 11.6. The Labute approximate surface area is 129 Å². The summed E-state index contributed by atoms with van der Waals surface area (Å²) in [5.41, 5.74) is 0.722. The van der Waals surface area contributed by atoms with Crippen LogP contribution < -0.4 is 5.43 Å². The minimum absolute atomic E-state index is 0.345. The highest BCUT2D eigenvalue weighted by atomic mass is 16.4. The second-order valence-corrected chi connectivity index (χ2v) is 5.92. The second kappa shape index (κ2) is 6.83. The summed E-state index contributed by atoms with van der Waals surface area (Å²) in [6.07, 6.45) is 10.7. The van der Waals surface area contributed by atoms with Crippen molar-refractivity contribution in [3.8, 4) is 5.75 Å². The van der Waals surface area contributed by atoms with Crippen LogP contribution in [0.4, 0.5) is 0 Å². The summed E-state index contributed by atoms with van der Waals surface area (Å²) in [5, 5.41) is 9.30. The van der Waals surface area contributed by atoms with Gasteiger partial charge in [-0.3, -0.25) is 9.69 Å². The molecule has 2 heterocycles. The summed E-state index contributed by atoms with van der Waals surface area (Å²) in [5.74, 6) is 0.236. The fourth-order valence-electron chi connectivity index (χ4n) is 3.10. The highest BCUT2D eigenvalue weighted by Gasteiger charge is 2.22. The first-order valence-electron chi connectivity index (χ1n) is 7.78. The second-order valence-electron chi connectivity index (χ2n) is 5.92. The molecular weight excluding hydrogens is 282 g/mol.